The molecule has 0 heterocycles. The third-order valence-electron chi connectivity index (χ3n) is 3.89. The number of nitrogens with one attached hydrogen (secondary N) is 2. The Balaban J connectivity index is 1.99. The molecule has 0 radical (unpaired) electrons. The van der Waals surface area contributed by atoms with Crippen molar-refractivity contribution < 1.29 is 22.7 Å². The number of rotatable bonds is 9. The van der Waals surface area contributed by atoms with E-state index in [1.165, 1.54) is 18.2 Å². The van der Waals surface area contributed by atoms with Gasteiger partial charge in [0.1, 0.15) is 0 Å². The first kappa shape index (κ1) is 21.5. The first-order valence-corrected chi connectivity index (χ1v) is 10.1. The second-order valence-corrected chi connectivity index (χ2v) is 7.54. The molecule has 0 aliphatic rings. The lowest BCUT2D eigenvalue weighted by Gasteiger charge is -2.12. The van der Waals surface area contributed by atoms with E-state index in [0.29, 0.717) is 23.6 Å². The number of hydrogen-bond donors (Lipinski definition) is 2. The topological polar surface area (TPSA) is 93.7 Å². The zero-order chi connectivity index (χ0) is 20.6. The highest BCUT2D eigenvalue weighted by Crippen LogP contribution is 2.30. The van der Waals surface area contributed by atoms with Crippen molar-refractivity contribution in [1.29, 1.82) is 0 Å². The molecule has 0 saturated carbocycles. The highest BCUT2D eigenvalue weighted by Gasteiger charge is 2.12. The second kappa shape index (κ2) is 9.91. The molecule has 0 fully saturated rings. The molecule has 2 aromatic carbocycles. The molecule has 0 unspecified atom stereocenters. The third-order valence-corrected chi connectivity index (χ3v) is 5.45. The van der Waals surface area contributed by atoms with Crippen molar-refractivity contribution >= 4 is 22.0 Å². The van der Waals surface area contributed by atoms with Crippen LogP contribution in [0.25, 0.3) is 6.08 Å². The van der Waals surface area contributed by atoms with Crippen LogP contribution in [0, 0.1) is 0 Å². The summed E-state index contributed by atoms with van der Waals surface area (Å²) in [6.07, 6.45) is 3.00. The minimum Gasteiger partial charge on any atom is -0.493 e. The fraction of sp³-hybridized carbons (Fsp3) is 0.250. The Labute approximate surface area is 165 Å². The van der Waals surface area contributed by atoms with Crippen molar-refractivity contribution in [2.75, 3.05) is 20.8 Å². The number of ether oxygens (including phenoxy) is 2. The third kappa shape index (κ3) is 5.58. The normalized spacial score (nSPS) is 11.4. The van der Waals surface area contributed by atoms with Gasteiger partial charge in [-0.1, -0.05) is 31.2 Å². The van der Waals surface area contributed by atoms with E-state index >= 15 is 0 Å². The maximum absolute atomic E-state index is 12.1. The van der Waals surface area contributed by atoms with Gasteiger partial charge >= 0.3 is 0 Å². The van der Waals surface area contributed by atoms with E-state index in [-0.39, 0.29) is 17.3 Å². The summed E-state index contributed by atoms with van der Waals surface area (Å²) in [5, 5.41) is 2.78. The van der Waals surface area contributed by atoms with Crippen LogP contribution in [0.4, 0.5) is 0 Å². The number of methoxy groups -OCH3 is 2. The summed E-state index contributed by atoms with van der Waals surface area (Å²) in [6.45, 7) is 2.32. The van der Waals surface area contributed by atoms with Gasteiger partial charge in [0.05, 0.1) is 19.1 Å². The summed E-state index contributed by atoms with van der Waals surface area (Å²) in [5.74, 6) is 0.887. The Hall–Kier alpha value is -2.84. The smallest absolute Gasteiger partial charge is 0.244 e. The van der Waals surface area contributed by atoms with Crippen LogP contribution in [0.3, 0.4) is 0 Å². The van der Waals surface area contributed by atoms with Gasteiger partial charge in [0.25, 0.3) is 0 Å². The fourth-order valence-electron chi connectivity index (χ4n) is 2.54. The van der Waals surface area contributed by atoms with Crippen molar-refractivity contribution in [1.82, 2.24) is 10.0 Å². The second-order valence-electron chi connectivity index (χ2n) is 5.77. The predicted molar refractivity (Wildman–Crippen MR) is 108 cm³/mol. The van der Waals surface area contributed by atoms with E-state index in [9.17, 15) is 13.2 Å². The van der Waals surface area contributed by atoms with Gasteiger partial charge in [-0.15, -0.1) is 0 Å². The average Bonchev–Trinajstić information content (AvgIpc) is 2.70. The molecule has 7 nitrogen and oxygen atoms in total. The van der Waals surface area contributed by atoms with Crippen molar-refractivity contribution in [3.63, 3.8) is 0 Å². The molecule has 150 valence electrons. The molecule has 0 spiro atoms. The van der Waals surface area contributed by atoms with Gasteiger partial charge in [-0.2, -0.15) is 0 Å². The summed E-state index contributed by atoms with van der Waals surface area (Å²) in [7, 11) is -0.388. The van der Waals surface area contributed by atoms with E-state index in [1.807, 2.05) is 12.1 Å². The minimum atomic E-state index is -3.49. The number of amides is 1. The Bertz CT molecular complexity index is 938. The lowest BCUT2D eigenvalue weighted by molar-refractivity contribution is -0.116. The van der Waals surface area contributed by atoms with E-state index in [4.69, 9.17) is 9.47 Å². The van der Waals surface area contributed by atoms with E-state index in [1.54, 1.807) is 45.4 Å². The highest BCUT2D eigenvalue weighted by molar-refractivity contribution is 7.89. The van der Waals surface area contributed by atoms with Crippen LogP contribution >= 0.6 is 0 Å². The van der Waals surface area contributed by atoms with E-state index in [0.717, 1.165) is 5.56 Å². The van der Waals surface area contributed by atoms with Crippen LogP contribution < -0.4 is 19.5 Å². The Kier molecular flexibility index (Phi) is 7.60. The van der Waals surface area contributed by atoms with Gasteiger partial charge in [-0.3, -0.25) is 4.79 Å². The SMILES string of the molecule is CCNS(=O)(=O)c1ccc(/C=C/C(=O)NCc2cccc(OC)c2OC)cc1. The Morgan fingerprint density at radius 1 is 1.07 bits per heavy atom. The van der Waals surface area contributed by atoms with E-state index in [2.05, 4.69) is 10.0 Å². The fourth-order valence-corrected chi connectivity index (χ4v) is 3.58. The molecule has 2 N–H and O–H groups in total. The number of carbonyl (C=O) groups excluding carboxylic acids is 1. The van der Waals surface area contributed by atoms with Crippen LogP contribution in [0.5, 0.6) is 11.5 Å². The first-order valence-electron chi connectivity index (χ1n) is 8.66. The molecule has 0 aromatic heterocycles. The average molecular weight is 404 g/mol. The first-order chi connectivity index (χ1) is 13.4. The maximum Gasteiger partial charge on any atom is 0.244 e. The highest BCUT2D eigenvalue weighted by atomic mass is 32.2. The molecular weight excluding hydrogens is 380 g/mol. The van der Waals surface area contributed by atoms with Gasteiger partial charge in [0.15, 0.2) is 11.5 Å². The molecule has 0 aliphatic heterocycles. The molecule has 2 rings (SSSR count). The molecule has 0 aliphatic carbocycles. The van der Waals surface area contributed by atoms with Crippen LogP contribution in [0.2, 0.25) is 0 Å². The Morgan fingerprint density at radius 2 is 1.79 bits per heavy atom. The summed E-state index contributed by atoms with van der Waals surface area (Å²) >= 11 is 0. The number of benzene rings is 2. The van der Waals surface area contributed by atoms with Crippen molar-refractivity contribution in [2.24, 2.45) is 0 Å². The van der Waals surface area contributed by atoms with Crippen LogP contribution in [-0.4, -0.2) is 35.1 Å². The van der Waals surface area contributed by atoms with Crippen molar-refractivity contribution in [3.05, 3.63) is 59.7 Å². The van der Waals surface area contributed by atoms with Gasteiger partial charge < -0.3 is 14.8 Å². The molecule has 2 aromatic rings. The molecular formula is C20H24N2O5S. The molecule has 0 saturated heterocycles. The molecule has 8 heteroatoms. The molecule has 28 heavy (non-hydrogen) atoms. The monoisotopic (exact) mass is 404 g/mol. The number of para-hydroxylation sites is 1. The summed E-state index contributed by atoms with van der Waals surface area (Å²) in [6, 6.07) is 11.7. The van der Waals surface area contributed by atoms with Crippen LogP contribution in [0.15, 0.2) is 53.4 Å². The van der Waals surface area contributed by atoms with Crippen LogP contribution in [0.1, 0.15) is 18.1 Å². The number of sulfonamides is 1. The van der Waals surface area contributed by atoms with Crippen molar-refractivity contribution in [2.45, 2.75) is 18.4 Å². The van der Waals surface area contributed by atoms with Gasteiger partial charge in [0.2, 0.25) is 15.9 Å². The number of hydrogen-bond acceptors (Lipinski definition) is 5. The summed E-state index contributed by atoms with van der Waals surface area (Å²) in [4.78, 5) is 12.3. The predicted octanol–water partition coefficient (Wildman–Crippen LogP) is 2.33. The minimum absolute atomic E-state index is 0.182. The lowest BCUT2D eigenvalue weighted by atomic mass is 10.1. The standard InChI is InChI=1S/C20H24N2O5S/c1-4-22-28(24,25)17-11-8-15(9-12-17)10-13-19(23)21-14-16-6-5-7-18(26-2)20(16)27-3/h5-13,22H,4,14H2,1-3H3,(H,21,23)/b13-10+. The molecule has 1 amide bonds. The summed E-state index contributed by atoms with van der Waals surface area (Å²) in [5.41, 5.74) is 1.51. The maximum atomic E-state index is 12.1. The Morgan fingerprint density at radius 3 is 2.39 bits per heavy atom. The number of carbonyl (C=O) groups is 1. The van der Waals surface area contributed by atoms with Crippen molar-refractivity contribution in [3.8, 4) is 11.5 Å². The van der Waals surface area contributed by atoms with Crippen LogP contribution in [-0.2, 0) is 21.4 Å². The van der Waals surface area contributed by atoms with Gasteiger partial charge in [0, 0.05) is 24.7 Å². The van der Waals surface area contributed by atoms with Gasteiger partial charge in [-0.25, -0.2) is 13.1 Å². The van der Waals surface area contributed by atoms with Gasteiger partial charge in [-0.05, 0) is 29.8 Å². The quantitative estimate of drug-likeness (QED) is 0.626. The zero-order valence-corrected chi connectivity index (χ0v) is 16.9. The largest absolute Gasteiger partial charge is 0.493 e. The lowest BCUT2D eigenvalue weighted by Crippen LogP contribution is -2.23. The molecule has 0 atom stereocenters. The zero-order valence-electron chi connectivity index (χ0n) is 16.1. The van der Waals surface area contributed by atoms with E-state index < -0.39 is 10.0 Å². The molecule has 0 bridgehead atoms. The summed E-state index contributed by atoms with van der Waals surface area (Å²) < 4.78 is 36.8.